The highest BCUT2D eigenvalue weighted by Gasteiger charge is 2.11. The normalized spacial score (nSPS) is 11.5. The van der Waals surface area contributed by atoms with Crippen molar-refractivity contribution in [2.75, 3.05) is 6.54 Å². The second-order valence-corrected chi connectivity index (χ2v) is 14.4. The van der Waals surface area contributed by atoms with Gasteiger partial charge in [-0.2, -0.15) is 0 Å². The van der Waals surface area contributed by atoms with Gasteiger partial charge in [-0.25, -0.2) is 0 Å². The third-order valence-electron chi connectivity index (χ3n) is 4.93. The van der Waals surface area contributed by atoms with Crippen LogP contribution in [0.5, 0.6) is 0 Å². The van der Waals surface area contributed by atoms with Gasteiger partial charge in [0.15, 0.2) is 0 Å². The molecule has 0 aromatic heterocycles. The Morgan fingerprint density at radius 1 is 0.458 bits per heavy atom. The van der Waals surface area contributed by atoms with Gasteiger partial charge in [-0.1, -0.05) is 116 Å². The predicted octanol–water partition coefficient (Wildman–Crippen LogP) is 3.81. The molecule has 0 aliphatic rings. The lowest BCUT2D eigenvalue weighted by Gasteiger charge is -2.14. The van der Waals surface area contributed by atoms with Crippen molar-refractivity contribution >= 4 is 8.07 Å². The van der Waals surface area contributed by atoms with Crippen LogP contribution in [0.25, 0.3) is 0 Å². The van der Waals surface area contributed by atoms with Crippen molar-refractivity contribution in [1.29, 1.82) is 0 Å². The molecule has 0 aliphatic carbocycles. The van der Waals surface area contributed by atoms with E-state index in [2.05, 4.69) is 25.4 Å². The van der Waals surface area contributed by atoms with Crippen LogP contribution in [-0.2, 0) is 0 Å². The van der Waals surface area contributed by atoms with E-state index in [1.165, 1.54) is 109 Å². The smallest absolute Gasteiger partial charge is 0.0739 e. The molecule has 148 valence electrons. The van der Waals surface area contributed by atoms with Crippen LogP contribution in [-0.4, -0.2) is 14.6 Å². The Morgan fingerprint density at radius 3 is 0.958 bits per heavy atom. The second kappa shape index (κ2) is 19.8. The molecule has 0 saturated heterocycles. The van der Waals surface area contributed by atoms with Gasteiger partial charge in [-0.05, 0) is 12.8 Å². The fourth-order valence-corrected chi connectivity index (χ4v) is 4.62. The summed E-state index contributed by atoms with van der Waals surface area (Å²) in [5.74, 6) is 0. The van der Waals surface area contributed by atoms with Crippen LogP contribution < -0.4 is 18.1 Å². The average molecular weight is 378 g/mol. The van der Waals surface area contributed by atoms with Gasteiger partial charge in [-0.15, -0.1) is 0 Å². The molecule has 1 nitrogen and oxygen atoms in total. The first-order valence-corrected chi connectivity index (χ1v) is 14.6. The lowest BCUT2D eigenvalue weighted by atomic mass is 10.0. The summed E-state index contributed by atoms with van der Waals surface area (Å²) in [5.41, 5.74) is 3.90. The van der Waals surface area contributed by atoms with Gasteiger partial charge in [-0.3, -0.25) is 0 Å². The van der Waals surface area contributed by atoms with Crippen LogP contribution in [0.1, 0.15) is 103 Å². The molecule has 0 aromatic rings. The zero-order chi connectivity index (χ0) is 17.2. The van der Waals surface area contributed by atoms with Gasteiger partial charge in [0.2, 0.25) is 0 Å². The van der Waals surface area contributed by atoms with Crippen LogP contribution in [0.15, 0.2) is 0 Å². The van der Waals surface area contributed by atoms with Crippen molar-refractivity contribution in [3.63, 3.8) is 0 Å². The summed E-state index contributed by atoms with van der Waals surface area (Å²) in [4.78, 5) is 0. The van der Waals surface area contributed by atoms with Gasteiger partial charge in [0, 0.05) is 8.07 Å². The highest BCUT2D eigenvalue weighted by molar-refractivity contribution is 6.76. The Bertz CT molecular complexity index is 228. The third-order valence-corrected chi connectivity index (χ3v) is 6.78. The van der Waals surface area contributed by atoms with E-state index in [9.17, 15) is 0 Å². The molecule has 3 heteroatoms. The van der Waals surface area contributed by atoms with Crippen molar-refractivity contribution in [1.82, 2.24) is 0 Å². The molecule has 0 atom stereocenters. The van der Waals surface area contributed by atoms with Gasteiger partial charge in [0.1, 0.15) is 0 Å². The second-order valence-electron chi connectivity index (χ2n) is 8.82. The first-order valence-electron chi connectivity index (χ1n) is 10.9. The maximum Gasteiger partial charge on any atom is 0.0739 e. The number of quaternary nitrogens is 1. The quantitative estimate of drug-likeness (QED) is 0.278. The van der Waals surface area contributed by atoms with E-state index in [1.807, 2.05) is 0 Å². The van der Waals surface area contributed by atoms with Crippen LogP contribution in [0.4, 0.5) is 0 Å². The lowest BCUT2D eigenvalue weighted by molar-refractivity contribution is -0.368. The van der Waals surface area contributed by atoms with Gasteiger partial charge >= 0.3 is 0 Å². The molecule has 0 radical (unpaired) electrons. The topological polar surface area (TPSA) is 27.6 Å². The minimum Gasteiger partial charge on any atom is -1.00 e. The van der Waals surface area contributed by atoms with E-state index in [0.29, 0.717) is 0 Å². The SMILES string of the molecule is C[Si](C)(C)CCCCCCCCCCCCCCCCCC[NH3+].[Cl-]. The van der Waals surface area contributed by atoms with Crippen LogP contribution >= 0.6 is 0 Å². The van der Waals surface area contributed by atoms with E-state index in [1.54, 1.807) is 0 Å². The fraction of sp³-hybridized carbons (Fsp3) is 1.00. The molecule has 0 aromatic carbocycles. The molecule has 0 spiro atoms. The summed E-state index contributed by atoms with van der Waals surface area (Å²) >= 11 is 0. The molecule has 0 bridgehead atoms. The largest absolute Gasteiger partial charge is 1.00 e. The lowest BCUT2D eigenvalue weighted by Crippen LogP contribution is -3.00. The summed E-state index contributed by atoms with van der Waals surface area (Å²) in [6, 6.07) is 1.53. The Morgan fingerprint density at radius 2 is 0.708 bits per heavy atom. The summed E-state index contributed by atoms with van der Waals surface area (Å²) < 4.78 is 0. The Labute approximate surface area is 161 Å². The maximum atomic E-state index is 3.90. The third kappa shape index (κ3) is 24.7. The van der Waals surface area contributed by atoms with Crippen molar-refractivity contribution in [2.45, 2.75) is 128 Å². The van der Waals surface area contributed by atoms with E-state index in [0.717, 1.165) is 6.54 Å². The summed E-state index contributed by atoms with van der Waals surface area (Å²) in [7, 11) is -0.769. The van der Waals surface area contributed by atoms with E-state index < -0.39 is 8.07 Å². The molecule has 24 heavy (non-hydrogen) atoms. The Balaban J connectivity index is 0. The molecule has 0 saturated carbocycles. The van der Waals surface area contributed by atoms with Gasteiger partial charge in [0.25, 0.3) is 0 Å². The van der Waals surface area contributed by atoms with E-state index >= 15 is 0 Å². The maximum absolute atomic E-state index is 3.90. The number of hydrogen-bond acceptors (Lipinski definition) is 0. The van der Waals surface area contributed by atoms with Crippen LogP contribution in [0.2, 0.25) is 25.7 Å². The summed E-state index contributed by atoms with van der Waals surface area (Å²) in [6.45, 7) is 8.62. The zero-order valence-electron chi connectivity index (χ0n) is 17.3. The van der Waals surface area contributed by atoms with E-state index in [-0.39, 0.29) is 12.4 Å². The first kappa shape index (κ1) is 26.7. The first-order chi connectivity index (χ1) is 11.1. The minimum atomic E-state index is -0.769. The van der Waals surface area contributed by atoms with Crippen molar-refractivity contribution in [3.05, 3.63) is 0 Å². The van der Waals surface area contributed by atoms with Gasteiger partial charge in [0.05, 0.1) is 6.54 Å². The van der Waals surface area contributed by atoms with Crippen LogP contribution in [0, 0.1) is 0 Å². The molecule has 0 heterocycles. The molecular weight excluding hydrogens is 330 g/mol. The fourth-order valence-electron chi connectivity index (χ4n) is 3.31. The van der Waals surface area contributed by atoms with Crippen molar-refractivity contribution in [3.8, 4) is 0 Å². The van der Waals surface area contributed by atoms with E-state index in [4.69, 9.17) is 0 Å². The molecule has 0 fully saturated rings. The number of unbranched alkanes of at least 4 members (excludes halogenated alkanes) is 15. The molecule has 0 aliphatic heterocycles. The summed E-state index contributed by atoms with van der Waals surface area (Å²) in [5, 5.41) is 0. The van der Waals surface area contributed by atoms with Crippen molar-refractivity contribution < 1.29 is 18.1 Å². The molecule has 0 amide bonds. The van der Waals surface area contributed by atoms with Crippen molar-refractivity contribution in [2.24, 2.45) is 0 Å². The number of rotatable bonds is 18. The Kier molecular flexibility index (Phi) is 22.0. The monoisotopic (exact) mass is 377 g/mol. The molecule has 3 N–H and O–H groups in total. The Hall–Kier alpha value is 0.467. The standard InChI is InChI=1S/C21H47NSi.ClH/c1-23(2,3)21-19-17-15-13-11-9-7-5-4-6-8-10-12-14-16-18-20-22;/h4-22H2,1-3H3;1H. The minimum absolute atomic E-state index is 0. The average Bonchev–Trinajstić information content (AvgIpc) is 2.49. The highest BCUT2D eigenvalue weighted by Crippen LogP contribution is 2.16. The summed E-state index contributed by atoms with van der Waals surface area (Å²) in [6.07, 6.45) is 23.4. The molecule has 0 unspecified atom stereocenters. The zero-order valence-corrected chi connectivity index (χ0v) is 19.1. The number of hydrogen-bond donors (Lipinski definition) is 1. The number of halogens is 1. The molecular formula is C21H48ClNSi. The predicted molar refractivity (Wildman–Crippen MR) is 110 cm³/mol. The van der Waals surface area contributed by atoms with Crippen LogP contribution in [0.3, 0.4) is 0 Å². The highest BCUT2D eigenvalue weighted by atomic mass is 35.5. The molecule has 0 rings (SSSR count). The van der Waals surface area contributed by atoms with Gasteiger partial charge < -0.3 is 18.1 Å².